The van der Waals surface area contributed by atoms with Gasteiger partial charge in [-0.25, -0.2) is 0 Å². The van der Waals surface area contributed by atoms with Crippen molar-refractivity contribution in [1.82, 2.24) is 5.32 Å². The Kier molecular flexibility index (Phi) is 2.00. The SMILES string of the molecule is CC1(Cc2cccc(O)c2)CNC1. The van der Waals surface area contributed by atoms with Gasteiger partial charge in [0.15, 0.2) is 0 Å². The largest absolute Gasteiger partial charge is 0.508 e. The minimum absolute atomic E-state index is 0.369. The highest BCUT2D eigenvalue weighted by molar-refractivity contribution is 5.28. The molecule has 0 aliphatic carbocycles. The fraction of sp³-hybridized carbons (Fsp3) is 0.455. The molecule has 70 valence electrons. The van der Waals surface area contributed by atoms with Crippen molar-refractivity contribution in [2.75, 3.05) is 13.1 Å². The number of aromatic hydroxyl groups is 1. The van der Waals surface area contributed by atoms with Crippen LogP contribution in [0.1, 0.15) is 12.5 Å². The molecule has 1 heterocycles. The van der Waals surface area contributed by atoms with Crippen LogP contribution in [0.4, 0.5) is 0 Å². The molecule has 2 nitrogen and oxygen atoms in total. The van der Waals surface area contributed by atoms with Gasteiger partial charge in [0.2, 0.25) is 0 Å². The number of nitrogens with one attached hydrogen (secondary N) is 1. The van der Waals surface area contributed by atoms with Crippen LogP contribution in [-0.2, 0) is 6.42 Å². The second-order valence-electron chi connectivity index (χ2n) is 4.26. The van der Waals surface area contributed by atoms with E-state index in [0.29, 0.717) is 11.2 Å². The highest BCUT2D eigenvalue weighted by atomic mass is 16.3. The van der Waals surface area contributed by atoms with Crippen LogP contribution in [0, 0.1) is 5.41 Å². The van der Waals surface area contributed by atoms with Gasteiger partial charge in [0.1, 0.15) is 5.75 Å². The summed E-state index contributed by atoms with van der Waals surface area (Å²) >= 11 is 0. The standard InChI is InChI=1S/C11H15NO/c1-11(7-12-8-11)6-9-3-2-4-10(13)5-9/h2-5,12-13H,6-8H2,1H3. The summed E-state index contributed by atoms with van der Waals surface area (Å²) in [6, 6.07) is 7.54. The number of phenolic OH excluding ortho intramolecular Hbond substituents is 1. The molecule has 1 aromatic rings. The fourth-order valence-corrected chi connectivity index (χ4v) is 1.84. The lowest BCUT2D eigenvalue weighted by Gasteiger charge is -2.39. The minimum atomic E-state index is 0.369. The van der Waals surface area contributed by atoms with Crippen LogP contribution in [0.3, 0.4) is 0 Å². The molecule has 0 amide bonds. The molecule has 0 spiro atoms. The molecule has 2 N–H and O–H groups in total. The Hall–Kier alpha value is -1.02. The topological polar surface area (TPSA) is 32.3 Å². The van der Waals surface area contributed by atoms with E-state index in [2.05, 4.69) is 18.3 Å². The van der Waals surface area contributed by atoms with E-state index in [1.807, 2.05) is 12.1 Å². The van der Waals surface area contributed by atoms with Crippen LogP contribution in [0.25, 0.3) is 0 Å². The van der Waals surface area contributed by atoms with Crippen molar-refractivity contribution in [3.05, 3.63) is 29.8 Å². The van der Waals surface area contributed by atoms with E-state index in [1.165, 1.54) is 5.56 Å². The van der Waals surface area contributed by atoms with Gasteiger partial charge in [0, 0.05) is 13.1 Å². The highest BCUT2D eigenvalue weighted by Gasteiger charge is 2.31. The molecule has 2 heteroatoms. The number of rotatable bonds is 2. The smallest absolute Gasteiger partial charge is 0.115 e. The molecule has 0 saturated carbocycles. The van der Waals surface area contributed by atoms with E-state index in [0.717, 1.165) is 19.5 Å². The molecule has 0 aromatic heterocycles. The second kappa shape index (κ2) is 3.04. The van der Waals surface area contributed by atoms with Crippen LogP contribution >= 0.6 is 0 Å². The Morgan fingerprint density at radius 3 is 2.77 bits per heavy atom. The first-order valence-electron chi connectivity index (χ1n) is 4.67. The average molecular weight is 177 g/mol. The van der Waals surface area contributed by atoms with E-state index in [1.54, 1.807) is 6.07 Å². The van der Waals surface area contributed by atoms with Crippen LogP contribution in [0.2, 0.25) is 0 Å². The molecule has 0 atom stereocenters. The van der Waals surface area contributed by atoms with Crippen molar-refractivity contribution >= 4 is 0 Å². The van der Waals surface area contributed by atoms with E-state index in [4.69, 9.17) is 0 Å². The van der Waals surface area contributed by atoms with Gasteiger partial charge >= 0.3 is 0 Å². The number of hydrogen-bond donors (Lipinski definition) is 2. The van der Waals surface area contributed by atoms with Gasteiger partial charge in [-0.05, 0) is 29.5 Å². The third-order valence-electron chi connectivity index (χ3n) is 2.65. The van der Waals surface area contributed by atoms with Gasteiger partial charge in [-0.2, -0.15) is 0 Å². The number of phenols is 1. The summed E-state index contributed by atoms with van der Waals surface area (Å²) in [6.45, 7) is 4.44. The van der Waals surface area contributed by atoms with Crippen molar-refractivity contribution < 1.29 is 5.11 Å². The zero-order valence-corrected chi connectivity index (χ0v) is 7.88. The Labute approximate surface area is 78.6 Å². The maximum Gasteiger partial charge on any atom is 0.115 e. The normalized spacial score (nSPS) is 19.5. The quantitative estimate of drug-likeness (QED) is 0.718. The molecule has 1 fully saturated rings. The first kappa shape index (κ1) is 8.57. The molecule has 13 heavy (non-hydrogen) atoms. The van der Waals surface area contributed by atoms with Gasteiger partial charge in [-0.3, -0.25) is 0 Å². The van der Waals surface area contributed by atoms with Crippen LogP contribution in [0.5, 0.6) is 5.75 Å². The zero-order chi connectivity index (χ0) is 9.31. The molecule has 1 aliphatic heterocycles. The summed E-state index contributed by atoms with van der Waals surface area (Å²) in [5, 5.41) is 12.6. The summed E-state index contributed by atoms with van der Waals surface area (Å²) < 4.78 is 0. The van der Waals surface area contributed by atoms with E-state index < -0.39 is 0 Å². The molecule has 0 radical (unpaired) electrons. The average Bonchev–Trinajstić information content (AvgIpc) is 2.01. The molecule has 0 unspecified atom stereocenters. The molecule has 1 saturated heterocycles. The lowest BCUT2D eigenvalue weighted by molar-refractivity contribution is 0.195. The van der Waals surface area contributed by atoms with Crippen molar-refractivity contribution in [2.24, 2.45) is 5.41 Å². The Balaban J connectivity index is 2.09. The van der Waals surface area contributed by atoms with Gasteiger partial charge in [0.25, 0.3) is 0 Å². The summed E-state index contributed by atoms with van der Waals surface area (Å²) in [5.41, 5.74) is 1.62. The molecular weight excluding hydrogens is 162 g/mol. The lowest BCUT2D eigenvalue weighted by atomic mass is 9.78. The summed E-state index contributed by atoms with van der Waals surface area (Å²) in [7, 11) is 0. The predicted molar refractivity (Wildman–Crippen MR) is 52.8 cm³/mol. The second-order valence-corrected chi connectivity index (χ2v) is 4.26. The molecular formula is C11H15NO. The Morgan fingerprint density at radius 1 is 1.46 bits per heavy atom. The molecule has 0 bridgehead atoms. The number of benzene rings is 1. The third-order valence-corrected chi connectivity index (χ3v) is 2.65. The fourth-order valence-electron chi connectivity index (χ4n) is 1.84. The van der Waals surface area contributed by atoms with E-state index in [-0.39, 0.29) is 0 Å². The van der Waals surface area contributed by atoms with Crippen molar-refractivity contribution in [3.63, 3.8) is 0 Å². The van der Waals surface area contributed by atoms with Gasteiger partial charge in [-0.15, -0.1) is 0 Å². The van der Waals surface area contributed by atoms with Gasteiger partial charge in [-0.1, -0.05) is 19.1 Å². The van der Waals surface area contributed by atoms with Crippen molar-refractivity contribution in [2.45, 2.75) is 13.3 Å². The first-order chi connectivity index (χ1) is 6.18. The summed E-state index contributed by atoms with van der Waals surface area (Å²) in [6.07, 6.45) is 1.05. The summed E-state index contributed by atoms with van der Waals surface area (Å²) in [5.74, 6) is 0.369. The number of hydrogen-bond acceptors (Lipinski definition) is 2. The molecule has 1 aromatic carbocycles. The Morgan fingerprint density at radius 2 is 2.23 bits per heavy atom. The van der Waals surface area contributed by atoms with Crippen molar-refractivity contribution in [3.8, 4) is 5.75 Å². The molecule has 1 aliphatic rings. The lowest BCUT2D eigenvalue weighted by Crippen LogP contribution is -2.52. The van der Waals surface area contributed by atoms with Gasteiger partial charge in [0.05, 0.1) is 0 Å². The maximum absolute atomic E-state index is 9.28. The first-order valence-corrected chi connectivity index (χ1v) is 4.67. The van der Waals surface area contributed by atoms with E-state index in [9.17, 15) is 5.11 Å². The summed E-state index contributed by atoms with van der Waals surface area (Å²) in [4.78, 5) is 0. The third kappa shape index (κ3) is 1.83. The predicted octanol–water partition coefficient (Wildman–Crippen LogP) is 1.54. The van der Waals surface area contributed by atoms with Crippen molar-refractivity contribution in [1.29, 1.82) is 0 Å². The highest BCUT2D eigenvalue weighted by Crippen LogP contribution is 2.27. The monoisotopic (exact) mass is 177 g/mol. The van der Waals surface area contributed by atoms with E-state index >= 15 is 0 Å². The molecule has 2 rings (SSSR count). The maximum atomic E-state index is 9.28. The minimum Gasteiger partial charge on any atom is -0.508 e. The van der Waals surface area contributed by atoms with Crippen LogP contribution < -0.4 is 5.32 Å². The van der Waals surface area contributed by atoms with Crippen LogP contribution in [-0.4, -0.2) is 18.2 Å². The zero-order valence-electron chi connectivity index (χ0n) is 7.88. The van der Waals surface area contributed by atoms with Crippen LogP contribution in [0.15, 0.2) is 24.3 Å². The van der Waals surface area contributed by atoms with Gasteiger partial charge < -0.3 is 10.4 Å². The Bertz CT molecular complexity index is 305.